The molecule has 1 aromatic heterocycles. The minimum absolute atomic E-state index is 0.00152. The van der Waals surface area contributed by atoms with Gasteiger partial charge in [0.25, 0.3) is 5.91 Å². The lowest BCUT2D eigenvalue weighted by molar-refractivity contribution is -0.137. The molecular weight excluding hydrogens is 236 g/mol. The monoisotopic (exact) mass is 252 g/mol. The lowest BCUT2D eigenvalue weighted by Crippen LogP contribution is -2.39. The number of carboxylic acids is 1. The van der Waals surface area contributed by atoms with Gasteiger partial charge in [0.1, 0.15) is 6.54 Å². The number of carbonyl (C=O) groups excluding carboxylic acids is 1. The normalized spacial score (nSPS) is 10.4. The molecule has 1 amide bonds. The highest BCUT2D eigenvalue weighted by Crippen LogP contribution is 2.09. The molecule has 0 saturated carbocycles. The van der Waals surface area contributed by atoms with Crippen LogP contribution in [0.3, 0.4) is 0 Å². The summed E-state index contributed by atoms with van der Waals surface area (Å²) in [7, 11) is 0. The predicted octanol–water partition coefficient (Wildman–Crippen LogP) is 0.242. The lowest BCUT2D eigenvalue weighted by Gasteiger charge is -2.22. The first-order chi connectivity index (χ1) is 8.41. The number of carboxylic acid groups (broad SMARTS) is 1. The molecule has 98 valence electrons. The Kier molecular flexibility index (Phi) is 4.59. The zero-order chi connectivity index (χ0) is 13.7. The maximum atomic E-state index is 12.1. The maximum Gasteiger partial charge on any atom is 0.323 e. The van der Waals surface area contributed by atoms with Crippen molar-refractivity contribution in [2.45, 2.75) is 13.8 Å². The number of aromatic nitrogens is 2. The number of nitrogen functional groups attached to an aromatic ring is 1. The average Bonchev–Trinajstić information content (AvgIpc) is 2.26. The predicted molar refractivity (Wildman–Crippen MR) is 64.8 cm³/mol. The average molecular weight is 252 g/mol. The number of nitrogens with zero attached hydrogens (tertiary/aromatic N) is 3. The highest BCUT2D eigenvalue weighted by Gasteiger charge is 2.22. The smallest absolute Gasteiger partial charge is 0.323 e. The van der Waals surface area contributed by atoms with Crippen molar-refractivity contribution in [3.8, 4) is 0 Å². The molecule has 0 aromatic carbocycles. The van der Waals surface area contributed by atoms with E-state index in [0.29, 0.717) is 6.54 Å². The van der Waals surface area contributed by atoms with E-state index in [2.05, 4.69) is 9.97 Å². The molecule has 0 spiro atoms. The van der Waals surface area contributed by atoms with Gasteiger partial charge in [-0.25, -0.2) is 9.97 Å². The Labute approximate surface area is 105 Å². The fourth-order valence-corrected chi connectivity index (χ4v) is 1.49. The summed E-state index contributed by atoms with van der Waals surface area (Å²) in [6.45, 7) is 3.72. The number of anilines is 1. The summed E-state index contributed by atoms with van der Waals surface area (Å²) in [5.41, 5.74) is 5.54. The minimum atomic E-state index is -1.08. The number of hydrogen-bond donors (Lipinski definition) is 2. The van der Waals surface area contributed by atoms with Gasteiger partial charge in [-0.15, -0.1) is 0 Å². The van der Waals surface area contributed by atoms with Crippen LogP contribution in [-0.2, 0) is 4.79 Å². The van der Waals surface area contributed by atoms with Crippen LogP contribution in [0.25, 0.3) is 0 Å². The van der Waals surface area contributed by atoms with Gasteiger partial charge in [-0.1, -0.05) is 13.8 Å². The summed E-state index contributed by atoms with van der Waals surface area (Å²) in [4.78, 5) is 31.7. The molecule has 0 aliphatic rings. The summed E-state index contributed by atoms with van der Waals surface area (Å²) in [5, 5.41) is 8.80. The van der Waals surface area contributed by atoms with E-state index in [1.54, 1.807) is 0 Å². The zero-order valence-corrected chi connectivity index (χ0v) is 10.3. The van der Waals surface area contributed by atoms with Crippen LogP contribution in [0.2, 0.25) is 0 Å². The Morgan fingerprint density at radius 2 is 2.00 bits per heavy atom. The Bertz CT molecular complexity index is 448. The highest BCUT2D eigenvalue weighted by atomic mass is 16.4. The fraction of sp³-hybridized carbons (Fsp3) is 0.455. The number of rotatable bonds is 5. The van der Waals surface area contributed by atoms with Gasteiger partial charge in [-0.3, -0.25) is 9.59 Å². The van der Waals surface area contributed by atoms with Gasteiger partial charge >= 0.3 is 5.97 Å². The van der Waals surface area contributed by atoms with E-state index in [4.69, 9.17) is 10.8 Å². The number of hydrogen-bond acceptors (Lipinski definition) is 5. The van der Waals surface area contributed by atoms with E-state index in [9.17, 15) is 9.59 Å². The maximum absolute atomic E-state index is 12.1. The summed E-state index contributed by atoms with van der Waals surface area (Å²) < 4.78 is 0. The van der Waals surface area contributed by atoms with Gasteiger partial charge in [0, 0.05) is 18.9 Å². The largest absolute Gasteiger partial charge is 0.480 e. The van der Waals surface area contributed by atoms with Crippen LogP contribution in [0.1, 0.15) is 24.3 Å². The third kappa shape index (κ3) is 3.69. The molecule has 1 heterocycles. The second-order valence-corrected chi connectivity index (χ2v) is 4.26. The third-order valence-electron chi connectivity index (χ3n) is 2.13. The fourth-order valence-electron chi connectivity index (χ4n) is 1.49. The van der Waals surface area contributed by atoms with Crippen molar-refractivity contribution >= 4 is 17.7 Å². The second-order valence-electron chi connectivity index (χ2n) is 4.26. The summed E-state index contributed by atoms with van der Waals surface area (Å²) in [6.07, 6.45) is 2.72. The van der Waals surface area contributed by atoms with E-state index in [-0.39, 0.29) is 24.0 Å². The van der Waals surface area contributed by atoms with E-state index < -0.39 is 11.9 Å². The zero-order valence-electron chi connectivity index (χ0n) is 10.3. The van der Waals surface area contributed by atoms with Crippen molar-refractivity contribution in [2.24, 2.45) is 5.92 Å². The van der Waals surface area contributed by atoms with Crippen LogP contribution < -0.4 is 5.73 Å². The Balaban J connectivity index is 2.95. The van der Waals surface area contributed by atoms with Crippen LogP contribution in [0.5, 0.6) is 0 Å². The third-order valence-corrected chi connectivity index (χ3v) is 2.13. The van der Waals surface area contributed by atoms with Crippen molar-refractivity contribution < 1.29 is 14.7 Å². The second kappa shape index (κ2) is 5.95. The molecule has 1 aromatic rings. The number of amides is 1. The Morgan fingerprint density at radius 1 is 1.39 bits per heavy atom. The molecule has 0 unspecified atom stereocenters. The molecule has 0 aliphatic heterocycles. The van der Waals surface area contributed by atoms with Gasteiger partial charge in [-0.2, -0.15) is 0 Å². The molecule has 0 fully saturated rings. The van der Waals surface area contributed by atoms with Crippen molar-refractivity contribution in [2.75, 3.05) is 18.8 Å². The summed E-state index contributed by atoms with van der Waals surface area (Å²) in [5.74, 6) is -1.45. The van der Waals surface area contributed by atoms with Crippen molar-refractivity contribution in [3.05, 3.63) is 18.1 Å². The molecule has 0 bridgehead atoms. The minimum Gasteiger partial charge on any atom is -0.480 e. The van der Waals surface area contributed by atoms with Crippen molar-refractivity contribution in [3.63, 3.8) is 0 Å². The molecule has 18 heavy (non-hydrogen) atoms. The Morgan fingerprint density at radius 3 is 2.50 bits per heavy atom. The molecule has 1 rings (SSSR count). The van der Waals surface area contributed by atoms with Gasteiger partial charge in [0.15, 0.2) is 11.5 Å². The van der Waals surface area contributed by atoms with Crippen LogP contribution in [-0.4, -0.2) is 44.9 Å². The highest BCUT2D eigenvalue weighted by molar-refractivity contribution is 5.97. The van der Waals surface area contributed by atoms with Gasteiger partial charge in [-0.05, 0) is 5.92 Å². The molecule has 0 saturated heterocycles. The van der Waals surface area contributed by atoms with Crippen LogP contribution in [0, 0.1) is 5.92 Å². The molecule has 3 N–H and O–H groups in total. The number of aliphatic carboxylic acids is 1. The number of nitrogens with two attached hydrogens (primary N) is 1. The van der Waals surface area contributed by atoms with E-state index >= 15 is 0 Å². The molecule has 7 heteroatoms. The van der Waals surface area contributed by atoms with Crippen LogP contribution >= 0.6 is 0 Å². The first-order valence-electron chi connectivity index (χ1n) is 5.49. The first-order valence-corrected chi connectivity index (χ1v) is 5.49. The molecule has 0 atom stereocenters. The van der Waals surface area contributed by atoms with Crippen molar-refractivity contribution in [1.82, 2.24) is 14.9 Å². The standard InChI is InChI=1S/C11H16N4O3/c1-7(2)5-15(6-8(16)17)11(18)9-10(12)14-4-3-13-9/h3-4,7H,5-6H2,1-2H3,(H2,12,14)(H,16,17). The SMILES string of the molecule is CC(C)CN(CC(=O)O)C(=O)c1nccnc1N. The molecule has 0 aliphatic carbocycles. The van der Waals surface area contributed by atoms with Crippen LogP contribution in [0.4, 0.5) is 5.82 Å². The first kappa shape index (κ1) is 13.9. The lowest BCUT2D eigenvalue weighted by atomic mass is 10.2. The van der Waals surface area contributed by atoms with Crippen LogP contribution in [0.15, 0.2) is 12.4 Å². The summed E-state index contributed by atoms with van der Waals surface area (Å²) in [6, 6.07) is 0. The van der Waals surface area contributed by atoms with Crippen molar-refractivity contribution in [1.29, 1.82) is 0 Å². The quantitative estimate of drug-likeness (QED) is 0.777. The van der Waals surface area contributed by atoms with Gasteiger partial charge in [0.05, 0.1) is 0 Å². The van der Waals surface area contributed by atoms with Gasteiger partial charge in [0.2, 0.25) is 0 Å². The Hall–Kier alpha value is -2.18. The molecular formula is C11H16N4O3. The van der Waals surface area contributed by atoms with Gasteiger partial charge < -0.3 is 15.7 Å². The molecule has 7 nitrogen and oxygen atoms in total. The van der Waals surface area contributed by atoms with E-state index in [1.165, 1.54) is 17.3 Å². The van der Waals surface area contributed by atoms with E-state index in [1.807, 2.05) is 13.8 Å². The molecule has 0 radical (unpaired) electrons. The topological polar surface area (TPSA) is 109 Å². The summed E-state index contributed by atoms with van der Waals surface area (Å²) >= 11 is 0. The van der Waals surface area contributed by atoms with E-state index in [0.717, 1.165) is 0 Å². The number of carbonyl (C=O) groups is 2.